The minimum absolute atomic E-state index is 0.375. The molecule has 226 valence electrons. The number of thiazole rings is 1. The molecule has 1 N–H and O–H groups in total. The summed E-state index contributed by atoms with van der Waals surface area (Å²) >= 11 is 8.21. The maximum Gasteiger partial charge on any atom is 0.309 e. The third kappa shape index (κ3) is 6.62. The Bertz CT molecular complexity index is 1380. The van der Waals surface area contributed by atoms with Gasteiger partial charge < -0.3 is 19.5 Å². The van der Waals surface area contributed by atoms with Gasteiger partial charge in [-0.2, -0.15) is 0 Å². The third-order valence-electron chi connectivity index (χ3n) is 8.94. The van der Waals surface area contributed by atoms with Crippen molar-refractivity contribution in [3.05, 3.63) is 63.5 Å². The number of fused-ring (bicyclic) bond motifs is 1. The lowest BCUT2D eigenvalue weighted by Gasteiger charge is -2.35. The highest BCUT2D eigenvalue weighted by Gasteiger charge is 2.35. The number of nitrogens with zero attached hydrogens (tertiary/aromatic N) is 3. The van der Waals surface area contributed by atoms with E-state index >= 15 is 0 Å². The highest BCUT2D eigenvalue weighted by atomic mass is 35.5. The van der Waals surface area contributed by atoms with Crippen molar-refractivity contribution in [2.24, 2.45) is 5.92 Å². The van der Waals surface area contributed by atoms with Gasteiger partial charge in [0, 0.05) is 50.3 Å². The number of ether oxygens (including phenoxy) is 2. The Balaban J connectivity index is 1.31. The van der Waals surface area contributed by atoms with Crippen LogP contribution in [0.15, 0.2) is 41.8 Å². The van der Waals surface area contributed by atoms with Crippen molar-refractivity contribution in [2.45, 2.75) is 71.1 Å². The first-order chi connectivity index (χ1) is 20.3. The van der Waals surface area contributed by atoms with Gasteiger partial charge in [-0.3, -0.25) is 9.69 Å². The minimum atomic E-state index is -0.811. The van der Waals surface area contributed by atoms with Crippen molar-refractivity contribution in [3.63, 3.8) is 0 Å². The van der Waals surface area contributed by atoms with E-state index in [1.54, 1.807) is 7.11 Å². The second-order valence-corrected chi connectivity index (χ2v) is 12.8. The fourth-order valence-electron chi connectivity index (χ4n) is 6.52. The molecule has 3 atom stereocenters. The molecule has 3 aromatic rings. The monoisotopic (exact) mass is 611 g/mol. The van der Waals surface area contributed by atoms with Gasteiger partial charge in [0.1, 0.15) is 12.4 Å². The van der Waals surface area contributed by atoms with Crippen molar-refractivity contribution in [2.75, 3.05) is 38.2 Å². The Hall–Kier alpha value is -2.65. The van der Waals surface area contributed by atoms with Crippen molar-refractivity contribution >= 4 is 34.0 Å². The molecule has 0 saturated carbocycles. The molecule has 3 heterocycles. The van der Waals surface area contributed by atoms with Gasteiger partial charge in [-0.05, 0) is 60.4 Å². The summed E-state index contributed by atoms with van der Waals surface area (Å²) < 4.78 is 11.9. The van der Waals surface area contributed by atoms with Crippen LogP contribution in [0.4, 0.5) is 5.13 Å². The number of hydrogen-bond acceptors (Lipinski definition) is 7. The van der Waals surface area contributed by atoms with Crippen LogP contribution in [0.25, 0.3) is 11.3 Å². The molecular formula is C33H42ClN3O4S. The first-order valence-electron chi connectivity index (χ1n) is 15.1. The molecule has 42 heavy (non-hydrogen) atoms. The molecular weight excluding hydrogens is 570 g/mol. The molecule has 7 nitrogen and oxygen atoms in total. The Kier molecular flexibility index (Phi) is 10.1. The molecule has 3 unspecified atom stereocenters. The summed E-state index contributed by atoms with van der Waals surface area (Å²) in [6.07, 6.45) is 3.60. The van der Waals surface area contributed by atoms with Crippen molar-refractivity contribution in [3.8, 4) is 17.0 Å². The normalized spacial score (nSPS) is 21.3. The number of methoxy groups -OCH3 is 1. The average molecular weight is 612 g/mol. The second-order valence-electron chi connectivity index (χ2n) is 11.5. The molecule has 1 fully saturated rings. The SMILES string of the molecule is CCC(CC)N1CCc2ccc(COc3c(Cl)cccc3-c3csc(N4CCC(C(=O)O)C(OC)C4)n3)cc2C(C)C1. The molecule has 0 bridgehead atoms. The number of para-hydroxylation sites is 1. The van der Waals surface area contributed by atoms with E-state index in [0.29, 0.717) is 48.8 Å². The molecule has 9 heteroatoms. The largest absolute Gasteiger partial charge is 0.487 e. The zero-order valence-electron chi connectivity index (χ0n) is 25.0. The Morgan fingerprint density at radius 2 is 2.00 bits per heavy atom. The van der Waals surface area contributed by atoms with Crippen LogP contribution in [0.2, 0.25) is 5.02 Å². The van der Waals surface area contributed by atoms with Gasteiger partial charge in [0.15, 0.2) is 5.13 Å². The number of hydrogen-bond donors (Lipinski definition) is 1. The van der Waals surface area contributed by atoms with Crippen LogP contribution in [0.1, 0.15) is 62.6 Å². The molecule has 0 radical (unpaired) electrons. The van der Waals surface area contributed by atoms with Crippen molar-refractivity contribution < 1.29 is 19.4 Å². The number of carbonyl (C=O) groups is 1. The van der Waals surface area contributed by atoms with E-state index < -0.39 is 11.9 Å². The summed E-state index contributed by atoms with van der Waals surface area (Å²) in [5.41, 5.74) is 5.63. The fourth-order valence-corrected chi connectivity index (χ4v) is 7.61. The van der Waals surface area contributed by atoms with Gasteiger partial charge in [-0.1, -0.05) is 56.6 Å². The van der Waals surface area contributed by atoms with Crippen molar-refractivity contribution in [1.82, 2.24) is 9.88 Å². The number of halogens is 1. The molecule has 1 saturated heterocycles. The van der Waals surface area contributed by atoms with E-state index in [1.165, 1.54) is 35.3 Å². The number of benzene rings is 2. The lowest BCUT2D eigenvalue weighted by Crippen LogP contribution is -2.47. The van der Waals surface area contributed by atoms with Gasteiger partial charge in [-0.15, -0.1) is 11.3 Å². The zero-order valence-corrected chi connectivity index (χ0v) is 26.6. The highest BCUT2D eigenvalue weighted by molar-refractivity contribution is 7.14. The van der Waals surface area contributed by atoms with Gasteiger partial charge in [0.2, 0.25) is 0 Å². The molecule has 2 aliphatic rings. The van der Waals surface area contributed by atoms with Crippen LogP contribution in [0.3, 0.4) is 0 Å². The topological polar surface area (TPSA) is 75.1 Å². The average Bonchev–Trinajstić information content (AvgIpc) is 3.43. The van der Waals surface area contributed by atoms with E-state index in [2.05, 4.69) is 48.8 Å². The van der Waals surface area contributed by atoms with Gasteiger partial charge in [-0.25, -0.2) is 4.98 Å². The predicted octanol–water partition coefficient (Wildman–Crippen LogP) is 7.12. The summed E-state index contributed by atoms with van der Waals surface area (Å²) in [7, 11) is 1.57. The van der Waals surface area contributed by atoms with E-state index in [9.17, 15) is 9.90 Å². The smallest absolute Gasteiger partial charge is 0.309 e. The number of piperidine rings is 1. The molecule has 0 aliphatic carbocycles. The van der Waals surface area contributed by atoms with Crippen LogP contribution < -0.4 is 9.64 Å². The lowest BCUT2D eigenvalue weighted by molar-refractivity contribution is -0.147. The minimum Gasteiger partial charge on any atom is -0.487 e. The van der Waals surface area contributed by atoms with E-state index in [0.717, 1.165) is 41.5 Å². The third-order valence-corrected chi connectivity index (χ3v) is 10.1. The number of aromatic nitrogens is 1. The van der Waals surface area contributed by atoms with Gasteiger partial charge in [0.25, 0.3) is 0 Å². The van der Waals surface area contributed by atoms with Gasteiger partial charge in [0.05, 0.1) is 22.7 Å². The van der Waals surface area contributed by atoms with Crippen LogP contribution in [0.5, 0.6) is 5.75 Å². The number of carboxylic acids is 1. The first kappa shape index (κ1) is 30.8. The fraction of sp³-hybridized carbons (Fsp3) is 0.515. The van der Waals surface area contributed by atoms with Crippen LogP contribution in [0, 0.1) is 5.92 Å². The zero-order chi connectivity index (χ0) is 29.8. The summed E-state index contributed by atoms with van der Waals surface area (Å²) in [5, 5.41) is 12.9. The van der Waals surface area contributed by atoms with E-state index in [-0.39, 0.29) is 6.10 Å². The highest BCUT2D eigenvalue weighted by Crippen LogP contribution is 2.39. The van der Waals surface area contributed by atoms with Crippen molar-refractivity contribution in [1.29, 1.82) is 0 Å². The molecule has 0 spiro atoms. The summed E-state index contributed by atoms with van der Waals surface area (Å²) in [6, 6.07) is 13.2. The Morgan fingerprint density at radius 3 is 2.74 bits per heavy atom. The molecule has 0 amide bonds. The molecule has 2 aliphatic heterocycles. The summed E-state index contributed by atoms with van der Waals surface area (Å²) in [6.45, 7) is 10.7. The number of carboxylic acid groups (broad SMARTS) is 1. The van der Waals surface area contributed by atoms with Crippen LogP contribution >= 0.6 is 22.9 Å². The number of anilines is 1. The standard InChI is InChI=1S/C33H42ClN3O4S/c1-5-24(6-2)36-14-12-23-11-10-22(16-27(23)21(3)17-36)19-41-31-25(8-7-9-28(31)34)29-20-42-33(35-29)37-15-13-26(32(38)39)30(18-37)40-4/h7-11,16,20-21,24,26,30H,5-6,12-15,17-19H2,1-4H3,(H,38,39). The lowest BCUT2D eigenvalue weighted by atomic mass is 9.93. The van der Waals surface area contributed by atoms with E-state index in [4.69, 9.17) is 26.1 Å². The van der Waals surface area contributed by atoms with Crippen LogP contribution in [-0.4, -0.2) is 66.4 Å². The maximum absolute atomic E-state index is 11.6. The van der Waals surface area contributed by atoms with Crippen LogP contribution in [-0.2, 0) is 22.6 Å². The Labute approximate surface area is 258 Å². The summed E-state index contributed by atoms with van der Waals surface area (Å²) in [5.74, 6) is -0.225. The maximum atomic E-state index is 11.6. The summed E-state index contributed by atoms with van der Waals surface area (Å²) in [4.78, 5) is 21.3. The number of aliphatic carboxylic acids is 1. The second kappa shape index (κ2) is 13.8. The molecule has 2 aromatic carbocycles. The quantitative estimate of drug-likeness (QED) is 0.262. The van der Waals surface area contributed by atoms with Gasteiger partial charge >= 0.3 is 5.97 Å². The first-order valence-corrected chi connectivity index (χ1v) is 16.3. The predicted molar refractivity (Wildman–Crippen MR) is 170 cm³/mol. The molecule has 5 rings (SSSR count). The number of rotatable bonds is 10. The van der Waals surface area contributed by atoms with E-state index in [1.807, 2.05) is 23.6 Å². The molecule has 1 aromatic heterocycles. The Morgan fingerprint density at radius 1 is 1.19 bits per heavy atom.